The van der Waals surface area contributed by atoms with Gasteiger partial charge < -0.3 is 15.1 Å². The van der Waals surface area contributed by atoms with Crippen LogP contribution in [0.3, 0.4) is 0 Å². The van der Waals surface area contributed by atoms with Crippen molar-refractivity contribution in [2.45, 2.75) is 77.3 Å². The number of aryl methyl sites for hydroxylation is 1. The molecule has 1 aliphatic carbocycles. The summed E-state index contributed by atoms with van der Waals surface area (Å²) in [4.78, 5) is 94.1. The number of halogens is 1. The molecule has 17 heteroatoms. The van der Waals surface area contributed by atoms with Crippen LogP contribution in [0.5, 0.6) is 0 Å². The van der Waals surface area contributed by atoms with Crippen molar-refractivity contribution < 1.29 is 39.3 Å². The van der Waals surface area contributed by atoms with Gasteiger partial charge in [-0.25, -0.2) is 14.4 Å². The van der Waals surface area contributed by atoms with Gasteiger partial charge in [0.15, 0.2) is 5.78 Å². The predicted octanol–water partition coefficient (Wildman–Crippen LogP) is 4.14. The number of aromatic nitrogens is 4. The molecule has 0 radical (unpaired) electrons. The monoisotopic (exact) mass is 826 g/mol. The quantitative estimate of drug-likeness (QED) is 0.182. The van der Waals surface area contributed by atoms with Crippen LogP contribution in [0.1, 0.15) is 112 Å². The maximum absolute atomic E-state index is 16.1. The number of pyridine rings is 2. The molecule has 2 N–H and O–H groups in total. The van der Waals surface area contributed by atoms with Crippen LogP contribution in [0.25, 0.3) is 11.0 Å². The van der Waals surface area contributed by atoms with Gasteiger partial charge in [0.25, 0.3) is 17.4 Å². The molecule has 60 heavy (non-hydrogen) atoms. The van der Waals surface area contributed by atoms with Crippen LogP contribution in [-0.2, 0) is 9.59 Å². The molecule has 1 aromatic carbocycles. The van der Waals surface area contributed by atoms with Crippen molar-refractivity contribution in [3.8, 4) is 0 Å². The third-order valence-corrected chi connectivity index (χ3v) is 12.0. The number of Topliss-reactive ketones (excluding diaryl/α,β-unsaturated/α-hetero) is 1. The number of hydrogen-bond acceptors (Lipinski definition) is 13. The van der Waals surface area contributed by atoms with Gasteiger partial charge in [-0.05, 0) is 81.7 Å². The topological polar surface area (TPSA) is 183 Å². The summed E-state index contributed by atoms with van der Waals surface area (Å²) in [5.41, 5.74) is -0.610. The van der Waals surface area contributed by atoms with Crippen LogP contribution < -0.4 is 26.0 Å². The van der Waals surface area contributed by atoms with Crippen LogP contribution >= 0.6 is 0 Å². The van der Waals surface area contributed by atoms with Crippen molar-refractivity contribution in [3.63, 3.8) is 0 Å². The molecule has 16 nitrogen and oxygen atoms in total. The number of hydrogen-bond donors (Lipinski definition) is 2. The molecule has 312 valence electrons. The average Bonchev–Trinajstić information content (AvgIpc) is 3.88. The second-order valence-electron chi connectivity index (χ2n) is 15.7. The third-order valence-electron chi connectivity index (χ3n) is 12.0. The molecule has 4 aromatic rings. The minimum atomic E-state index is -3.49. The van der Waals surface area contributed by atoms with E-state index in [9.17, 15) is 28.8 Å². The fourth-order valence-corrected chi connectivity index (χ4v) is 8.84. The Hall–Kier alpha value is -6.10. The van der Waals surface area contributed by atoms with E-state index in [-0.39, 0.29) is 46.6 Å². The maximum Gasteiger partial charge on any atom is 0.263 e. The van der Waals surface area contributed by atoms with E-state index in [2.05, 4.69) is 15.3 Å². The highest BCUT2D eigenvalue weighted by molar-refractivity contribution is 6.23. The Balaban J connectivity index is 0.891. The highest BCUT2D eigenvalue weighted by Crippen LogP contribution is 2.35. The first kappa shape index (κ1) is 30.9. The number of piperidine rings is 2. The lowest BCUT2D eigenvalue weighted by Crippen LogP contribution is -2.54. The summed E-state index contributed by atoms with van der Waals surface area (Å²) in [6.45, 7) is -10.1. The van der Waals surface area contributed by atoms with Gasteiger partial charge in [0, 0.05) is 75.2 Å². The molecule has 1 atom stereocenters. The number of carbonyl (C=O) groups is 5. The number of fused-ring (bicyclic) bond motifs is 2. The zero-order valence-electron chi connectivity index (χ0n) is 40.9. The second kappa shape index (κ2) is 15.8. The number of rotatable bonds is 9. The normalized spacial score (nSPS) is 26.0. The number of ketones is 1. The number of nitrogens with zero attached hydrogens (tertiary/aromatic N) is 8. The lowest BCUT2D eigenvalue weighted by Gasteiger charge is -2.40. The van der Waals surface area contributed by atoms with E-state index in [1.54, 1.807) is 30.0 Å². The van der Waals surface area contributed by atoms with E-state index in [0.717, 1.165) is 31.4 Å². The van der Waals surface area contributed by atoms with Gasteiger partial charge in [0.05, 0.1) is 39.7 Å². The summed E-state index contributed by atoms with van der Waals surface area (Å²) >= 11 is 0. The minimum Gasteiger partial charge on any atom is -0.370 e. The summed E-state index contributed by atoms with van der Waals surface area (Å²) in [6, 6.07) is 3.26. The number of imide groups is 2. The average molecular weight is 827 g/mol. The predicted molar refractivity (Wildman–Crippen MR) is 220 cm³/mol. The highest BCUT2D eigenvalue weighted by Gasteiger charge is 2.45. The summed E-state index contributed by atoms with van der Waals surface area (Å²) in [5.74, 6) is -5.31. The zero-order chi connectivity index (χ0) is 49.0. The Labute approximate surface area is 356 Å². The van der Waals surface area contributed by atoms with Gasteiger partial charge in [-0.2, -0.15) is 4.98 Å². The molecular formula is C43H47FN10O6. The van der Waals surface area contributed by atoms with E-state index < -0.39 is 90.8 Å². The SMILES string of the molecule is [2H]C1([2H])N(CC2CCN(c3ccc(Nc4ncc5c(C)c(C(C)=O)c(=O)n(C6CCCC6)c5n4)nc3)CC2)C([2H])([2H])C([2H])([2H])N(c2cc3c(cc2F)C(=O)N(C2CCC(=O)NC2=O)C3=O)C1([2H])[2H]. The first-order valence-electron chi connectivity index (χ1n) is 24.0. The highest BCUT2D eigenvalue weighted by atomic mass is 19.1. The Morgan fingerprint density at radius 2 is 1.63 bits per heavy atom. The van der Waals surface area contributed by atoms with E-state index in [1.807, 2.05) is 16.3 Å². The van der Waals surface area contributed by atoms with Crippen molar-refractivity contribution in [2.75, 3.05) is 60.7 Å². The Morgan fingerprint density at radius 1 is 0.917 bits per heavy atom. The van der Waals surface area contributed by atoms with Crippen LogP contribution in [0.2, 0.25) is 0 Å². The summed E-state index contributed by atoms with van der Waals surface area (Å²) in [7, 11) is 0. The fraction of sp³-hybridized carbons (Fsp3) is 0.465. The summed E-state index contributed by atoms with van der Waals surface area (Å²) in [5, 5.41) is 5.75. The van der Waals surface area contributed by atoms with E-state index in [1.165, 1.54) is 6.92 Å². The maximum atomic E-state index is 16.1. The molecule has 4 amide bonds. The molecule has 7 heterocycles. The largest absolute Gasteiger partial charge is 0.370 e. The minimum absolute atomic E-state index is 0.000125. The number of piperazine rings is 1. The molecular weight excluding hydrogens is 772 g/mol. The second-order valence-corrected chi connectivity index (χ2v) is 15.7. The first-order chi connectivity index (χ1) is 32.0. The van der Waals surface area contributed by atoms with Gasteiger partial charge in [-0.3, -0.25) is 48.5 Å². The van der Waals surface area contributed by atoms with Crippen molar-refractivity contribution >= 4 is 63.6 Å². The zero-order valence-corrected chi connectivity index (χ0v) is 32.9. The van der Waals surface area contributed by atoms with E-state index in [0.29, 0.717) is 70.3 Å². The first-order valence-corrected chi connectivity index (χ1v) is 20.0. The lowest BCUT2D eigenvalue weighted by molar-refractivity contribution is -0.136. The van der Waals surface area contributed by atoms with Gasteiger partial charge >= 0.3 is 0 Å². The number of amides is 4. The van der Waals surface area contributed by atoms with Gasteiger partial charge in [-0.1, -0.05) is 12.8 Å². The molecule has 3 saturated heterocycles. The molecule has 1 unspecified atom stereocenters. The van der Waals surface area contributed by atoms with Crippen molar-refractivity contribution in [3.05, 3.63) is 75.1 Å². The molecule has 9 rings (SSSR count). The third kappa shape index (κ3) is 7.17. The summed E-state index contributed by atoms with van der Waals surface area (Å²) < 4.78 is 89.7. The molecule has 4 fully saturated rings. The van der Waals surface area contributed by atoms with Crippen LogP contribution in [0.4, 0.5) is 27.5 Å². The molecule has 3 aromatic heterocycles. The van der Waals surface area contributed by atoms with Crippen LogP contribution in [0.15, 0.2) is 41.5 Å². The lowest BCUT2D eigenvalue weighted by atomic mass is 9.95. The standard InChI is InChI=1S/C43H47FN10O6/c1-24-31-22-46-43(49-38(31)53(27-5-3-4-6-27)42(60)37(24)25(2)55)47-35-9-7-28(21-45-35)51-13-11-26(12-14-51)23-50-15-17-52(18-16-50)34-20-30-29(19-32(34)44)40(58)54(41(30)59)33-8-10-36(56)48-39(33)57/h7,9,19-22,26-27,33H,3-6,8,10-18,23H2,1-2H3,(H,48,56,57)(H,45,46,47,49)/i15D2,16D2,17D2,18D2. The number of carbonyl (C=O) groups excluding carboxylic acids is 5. The number of nitrogens with one attached hydrogen (secondary N) is 2. The van der Waals surface area contributed by atoms with Crippen molar-refractivity contribution in [1.29, 1.82) is 0 Å². The smallest absolute Gasteiger partial charge is 0.263 e. The molecule has 0 bridgehead atoms. The van der Waals surface area contributed by atoms with Crippen LogP contribution in [-0.4, -0.2) is 110 Å². The Kier molecular flexibility index (Phi) is 8.14. The van der Waals surface area contributed by atoms with E-state index >= 15 is 4.39 Å². The van der Waals surface area contributed by atoms with Gasteiger partial charge in [0.1, 0.15) is 23.3 Å². The molecule has 5 aliphatic rings. The fourth-order valence-electron chi connectivity index (χ4n) is 8.84. The molecule has 4 aliphatic heterocycles. The van der Waals surface area contributed by atoms with Gasteiger partial charge in [-0.15, -0.1) is 0 Å². The number of benzene rings is 1. The Bertz CT molecular complexity index is 2840. The number of anilines is 4. The van der Waals surface area contributed by atoms with Crippen molar-refractivity contribution in [1.82, 2.24) is 34.6 Å². The summed E-state index contributed by atoms with van der Waals surface area (Å²) in [6.07, 6.45) is 7.10. The Morgan fingerprint density at radius 3 is 2.30 bits per heavy atom. The molecule has 0 spiro atoms. The van der Waals surface area contributed by atoms with E-state index in [4.69, 9.17) is 16.0 Å². The molecule has 1 saturated carbocycles. The van der Waals surface area contributed by atoms with Crippen LogP contribution in [0, 0.1) is 18.7 Å². The van der Waals surface area contributed by atoms with Crippen molar-refractivity contribution in [2.24, 2.45) is 5.92 Å². The van der Waals surface area contributed by atoms with Gasteiger partial charge in [0.2, 0.25) is 17.8 Å².